The van der Waals surface area contributed by atoms with Gasteiger partial charge in [-0.15, -0.1) is 0 Å². The van der Waals surface area contributed by atoms with Crippen molar-refractivity contribution in [2.45, 2.75) is 56.3 Å². The lowest BCUT2D eigenvalue weighted by Gasteiger charge is -2.30. The van der Waals surface area contributed by atoms with Gasteiger partial charge < -0.3 is 34.7 Å². The van der Waals surface area contributed by atoms with E-state index >= 15 is 0 Å². The zero-order valence-electron chi connectivity index (χ0n) is 22.0. The molecule has 14 nitrogen and oxygen atoms in total. The van der Waals surface area contributed by atoms with E-state index in [4.69, 9.17) is 29.0 Å². The number of carbonyl (C=O) groups excluding carboxylic acids is 1. The number of nitrogens with two attached hydrogens (primary N) is 1. The summed E-state index contributed by atoms with van der Waals surface area (Å²) in [4.78, 5) is 16.6. The standard InChI is InChI=1S/C25H32N5O9P/c1-15(24(33)37-17-10-11-35-12-17)29-40(34,39-16-6-4-3-5-7-16)36-13-25(2)22(32)20(31)21(38-25)18-8-9-19-23(26)27-14-28-30(18)19/h3-9,14-15,17,20-22,31-32H,10-13H2,1-2H3,(H,29,34)(H2,26,27,28)/t15-,17-,20-,21-,22-,25+,40?/m0/s1. The van der Waals surface area contributed by atoms with Crippen molar-refractivity contribution in [1.82, 2.24) is 19.7 Å². The molecule has 2 aliphatic heterocycles. The summed E-state index contributed by atoms with van der Waals surface area (Å²) in [5.74, 6) is -0.203. The number of aliphatic hydroxyl groups is 2. The predicted molar refractivity (Wildman–Crippen MR) is 140 cm³/mol. The molecule has 2 saturated heterocycles. The highest BCUT2D eigenvalue weighted by molar-refractivity contribution is 7.52. The predicted octanol–water partition coefficient (Wildman–Crippen LogP) is 1.38. The summed E-state index contributed by atoms with van der Waals surface area (Å²) >= 11 is 0. The normalized spacial score (nSPS) is 28.8. The van der Waals surface area contributed by atoms with E-state index in [1.54, 1.807) is 42.5 Å². The average Bonchev–Trinajstić information content (AvgIpc) is 3.65. The van der Waals surface area contributed by atoms with Crippen LogP contribution in [0.15, 0.2) is 48.8 Å². The number of benzene rings is 1. The Kier molecular flexibility index (Phi) is 8.11. The molecule has 0 bridgehead atoms. The third kappa shape index (κ3) is 5.84. The maximum absolute atomic E-state index is 13.9. The molecule has 2 aliphatic rings. The zero-order valence-corrected chi connectivity index (χ0v) is 22.8. The number of rotatable bonds is 10. The lowest BCUT2D eigenvalue weighted by atomic mass is 9.97. The van der Waals surface area contributed by atoms with Gasteiger partial charge in [-0.1, -0.05) is 18.2 Å². The van der Waals surface area contributed by atoms with E-state index in [1.807, 2.05) is 0 Å². The SMILES string of the molecule is C[C@H](NP(=O)(OC[C@@]1(C)O[C@@H](c2ccc3c(N)ncnn23)[C@H](O)[C@@H]1O)Oc1ccccc1)C(=O)O[C@H]1CCOC1. The summed E-state index contributed by atoms with van der Waals surface area (Å²) in [7, 11) is -4.26. The number of fused-ring (bicyclic) bond motifs is 1. The van der Waals surface area contributed by atoms with Crippen LogP contribution < -0.4 is 15.3 Å². The maximum atomic E-state index is 13.9. The number of nitrogens with one attached hydrogen (secondary N) is 1. The Hall–Kier alpha value is -3.10. The van der Waals surface area contributed by atoms with Gasteiger partial charge in [-0.05, 0) is 38.1 Å². The van der Waals surface area contributed by atoms with Crippen LogP contribution in [0.5, 0.6) is 5.75 Å². The molecule has 216 valence electrons. The second kappa shape index (κ2) is 11.4. The molecule has 5 rings (SSSR count). The first kappa shape index (κ1) is 28.4. The number of aliphatic hydroxyl groups excluding tert-OH is 2. The third-order valence-corrected chi connectivity index (χ3v) is 8.45. The summed E-state index contributed by atoms with van der Waals surface area (Å²) in [6.45, 7) is 3.28. The van der Waals surface area contributed by atoms with Crippen molar-refractivity contribution in [3.63, 3.8) is 0 Å². The number of hydrogen-bond donors (Lipinski definition) is 4. The van der Waals surface area contributed by atoms with E-state index in [-0.39, 0.29) is 11.6 Å². The van der Waals surface area contributed by atoms with Crippen molar-refractivity contribution in [3.05, 3.63) is 54.5 Å². The van der Waals surface area contributed by atoms with Gasteiger partial charge in [-0.2, -0.15) is 10.2 Å². The minimum atomic E-state index is -4.26. The van der Waals surface area contributed by atoms with Crippen LogP contribution in [0, 0.1) is 0 Å². The van der Waals surface area contributed by atoms with Gasteiger partial charge in [0.1, 0.15) is 53.7 Å². The molecule has 0 aliphatic carbocycles. The first-order chi connectivity index (χ1) is 19.1. The van der Waals surface area contributed by atoms with E-state index < -0.39 is 56.4 Å². The molecule has 2 aromatic heterocycles. The molecule has 15 heteroatoms. The quantitative estimate of drug-likeness (QED) is 0.200. The van der Waals surface area contributed by atoms with Crippen LogP contribution in [-0.2, 0) is 28.1 Å². The Morgan fingerprint density at radius 3 is 2.80 bits per heavy atom. The van der Waals surface area contributed by atoms with Crippen molar-refractivity contribution in [2.75, 3.05) is 25.6 Å². The van der Waals surface area contributed by atoms with Crippen LogP contribution in [0.25, 0.3) is 5.52 Å². The fourth-order valence-corrected chi connectivity index (χ4v) is 6.17. The minimum absolute atomic E-state index is 0.218. The van der Waals surface area contributed by atoms with E-state index in [0.29, 0.717) is 30.8 Å². The average molecular weight is 578 g/mol. The van der Waals surface area contributed by atoms with Gasteiger partial charge in [0.2, 0.25) is 0 Å². The number of carbonyl (C=O) groups is 1. The molecule has 2 fully saturated rings. The van der Waals surface area contributed by atoms with E-state index in [1.165, 1.54) is 24.7 Å². The van der Waals surface area contributed by atoms with Gasteiger partial charge >= 0.3 is 13.7 Å². The summed E-state index contributed by atoms with van der Waals surface area (Å²) in [5, 5.41) is 28.7. The molecule has 1 unspecified atom stereocenters. The minimum Gasteiger partial charge on any atom is -0.459 e. The molecule has 5 N–H and O–H groups in total. The van der Waals surface area contributed by atoms with E-state index in [9.17, 15) is 19.6 Å². The van der Waals surface area contributed by atoms with Crippen LogP contribution in [0.3, 0.4) is 0 Å². The maximum Gasteiger partial charge on any atom is 0.459 e. The van der Waals surface area contributed by atoms with Crippen molar-refractivity contribution >= 4 is 25.1 Å². The summed E-state index contributed by atoms with van der Waals surface area (Å²) < 4.78 is 43.6. The number of nitrogens with zero attached hydrogens (tertiary/aromatic N) is 3. The Morgan fingerprint density at radius 2 is 2.08 bits per heavy atom. The van der Waals surface area contributed by atoms with Crippen LogP contribution >= 0.6 is 7.75 Å². The highest BCUT2D eigenvalue weighted by atomic mass is 31.2. The first-order valence-electron chi connectivity index (χ1n) is 12.8. The molecule has 0 amide bonds. The molecule has 3 aromatic rings. The lowest BCUT2D eigenvalue weighted by Crippen LogP contribution is -2.45. The van der Waals surface area contributed by atoms with Crippen LogP contribution in [0.2, 0.25) is 0 Å². The smallest absolute Gasteiger partial charge is 0.459 e. The van der Waals surface area contributed by atoms with Crippen molar-refractivity contribution < 1.29 is 42.8 Å². The topological polar surface area (TPSA) is 189 Å². The lowest BCUT2D eigenvalue weighted by molar-refractivity contribution is -0.150. The zero-order chi connectivity index (χ0) is 28.5. The van der Waals surface area contributed by atoms with Gasteiger partial charge in [0, 0.05) is 6.42 Å². The van der Waals surface area contributed by atoms with Crippen LogP contribution in [0.4, 0.5) is 5.82 Å². The molecule has 7 atom stereocenters. The van der Waals surface area contributed by atoms with Crippen molar-refractivity contribution in [1.29, 1.82) is 0 Å². The number of anilines is 1. The van der Waals surface area contributed by atoms with Gasteiger partial charge in [-0.25, -0.2) is 14.1 Å². The molecule has 4 heterocycles. The van der Waals surface area contributed by atoms with Crippen molar-refractivity contribution in [2.24, 2.45) is 0 Å². The monoisotopic (exact) mass is 577 g/mol. The van der Waals surface area contributed by atoms with E-state index in [0.717, 1.165) is 0 Å². The molecule has 40 heavy (non-hydrogen) atoms. The Balaban J connectivity index is 1.33. The largest absolute Gasteiger partial charge is 0.459 e. The highest BCUT2D eigenvalue weighted by Crippen LogP contribution is 2.48. The number of aromatic nitrogens is 3. The molecular weight excluding hydrogens is 545 g/mol. The van der Waals surface area contributed by atoms with Crippen LogP contribution in [0.1, 0.15) is 32.1 Å². The fraction of sp³-hybridized carbons (Fsp3) is 0.480. The number of nitrogen functional groups attached to an aromatic ring is 1. The van der Waals surface area contributed by atoms with E-state index in [2.05, 4.69) is 15.2 Å². The molecule has 0 radical (unpaired) electrons. The van der Waals surface area contributed by atoms with Crippen molar-refractivity contribution in [3.8, 4) is 5.75 Å². The molecule has 1 aromatic carbocycles. The number of esters is 1. The second-order valence-electron chi connectivity index (χ2n) is 9.94. The fourth-order valence-electron chi connectivity index (χ4n) is 4.58. The number of ether oxygens (including phenoxy) is 3. The summed E-state index contributed by atoms with van der Waals surface area (Å²) in [5.41, 5.74) is 5.31. The molecule has 0 spiro atoms. The van der Waals surface area contributed by atoms with Crippen LogP contribution in [-0.4, -0.2) is 80.6 Å². The van der Waals surface area contributed by atoms with Gasteiger partial charge in [0.05, 0.1) is 25.5 Å². The van der Waals surface area contributed by atoms with Gasteiger partial charge in [0.15, 0.2) is 5.82 Å². The first-order valence-corrected chi connectivity index (χ1v) is 14.3. The Labute approximate surface area is 229 Å². The second-order valence-corrected chi connectivity index (χ2v) is 11.6. The highest BCUT2D eigenvalue weighted by Gasteiger charge is 2.54. The molecular formula is C25H32N5O9P. The molecule has 0 saturated carbocycles. The van der Waals surface area contributed by atoms with Gasteiger partial charge in [-0.3, -0.25) is 9.32 Å². The third-order valence-electron chi connectivity index (χ3n) is 6.82. The summed E-state index contributed by atoms with van der Waals surface area (Å²) in [6.07, 6.45) is -2.41. The Bertz CT molecular complexity index is 1390. The summed E-state index contributed by atoms with van der Waals surface area (Å²) in [6, 6.07) is 10.5. The number of hydrogen-bond acceptors (Lipinski definition) is 12. The van der Waals surface area contributed by atoms with Gasteiger partial charge in [0.25, 0.3) is 0 Å². The Morgan fingerprint density at radius 1 is 1.30 bits per heavy atom. The number of para-hydroxylation sites is 1.